The van der Waals surface area contributed by atoms with Gasteiger partial charge in [-0.05, 0) is 26.0 Å². The van der Waals surface area contributed by atoms with E-state index in [2.05, 4.69) is 4.98 Å². The zero-order valence-corrected chi connectivity index (χ0v) is 10.0. The molecule has 1 aliphatic rings. The highest BCUT2D eigenvalue weighted by Crippen LogP contribution is 2.27. The predicted octanol–water partition coefficient (Wildman–Crippen LogP) is 1.40. The molecule has 1 N–H and O–H groups in total. The maximum Gasteiger partial charge on any atom is 0.339 e. The minimum Gasteiger partial charge on any atom is -0.478 e. The number of morpholine rings is 1. The molecule has 5 nitrogen and oxygen atoms in total. The number of ether oxygens (including phenoxy) is 1. The Kier molecular flexibility index (Phi) is 3.02. The van der Waals surface area contributed by atoms with Crippen molar-refractivity contribution in [3.8, 4) is 0 Å². The average Bonchev–Trinajstić information content (AvgIpc) is 2.28. The lowest BCUT2D eigenvalue weighted by Gasteiger charge is -2.43. The van der Waals surface area contributed by atoms with E-state index in [-0.39, 0.29) is 11.1 Å². The molecular weight excluding hydrogens is 220 g/mol. The lowest BCUT2D eigenvalue weighted by molar-refractivity contribution is 0.0624. The summed E-state index contributed by atoms with van der Waals surface area (Å²) in [6.07, 6.45) is 1.62. The molecule has 0 aliphatic carbocycles. The van der Waals surface area contributed by atoms with Gasteiger partial charge in [0.05, 0.1) is 18.8 Å². The standard InChI is InChI=1S/C12H16N2O3/c1-12(2)8-17-7-6-14(12)10-9(11(15)16)4-3-5-13-10/h3-5H,6-8H2,1-2H3,(H,15,16). The van der Waals surface area contributed by atoms with Crippen LogP contribution in [-0.2, 0) is 4.74 Å². The summed E-state index contributed by atoms with van der Waals surface area (Å²) in [6, 6.07) is 3.22. The van der Waals surface area contributed by atoms with Gasteiger partial charge in [-0.15, -0.1) is 0 Å². The van der Waals surface area contributed by atoms with Crippen molar-refractivity contribution in [2.45, 2.75) is 19.4 Å². The first-order chi connectivity index (χ1) is 8.02. The Bertz CT molecular complexity index is 432. The number of carbonyl (C=O) groups is 1. The number of nitrogens with zero attached hydrogens (tertiary/aromatic N) is 2. The third kappa shape index (κ3) is 2.24. The van der Waals surface area contributed by atoms with Gasteiger partial charge in [0, 0.05) is 12.7 Å². The Balaban J connectivity index is 2.42. The highest BCUT2D eigenvalue weighted by atomic mass is 16.5. The van der Waals surface area contributed by atoms with Crippen LogP contribution < -0.4 is 4.90 Å². The van der Waals surface area contributed by atoms with E-state index in [0.717, 1.165) is 0 Å². The lowest BCUT2D eigenvalue weighted by atomic mass is 10.0. The van der Waals surface area contributed by atoms with Crippen molar-refractivity contribution in [2.24, 2.45) is 0 Å². The Hall–Kier alpha value is -1.62. The molecule has 1 aromatic heterocycles. The van der Waals surface area contributed by atoms with E-state index in [0.29, 0.717) is 25.6 Å². The van der Waals surface area contributed by atoms with Crippen LogP contribution in [0.3, 0.4) is 0 Å². The van der Waals surface area contributed by atoms with E-state index < -0.39 is 5.97 Å². The van der Waals surface area contributed by atoms with Crippen molar-refractivity contribution in [1.29, 1.82) is 0 Å². The summed E-state index contributed by atoms with van der Waals surface area (Å²) in [5.74, 6) is -0.427. The molecule has 0 unspecified atom stereocenters. The fraction of sp³-hybridized carbons (Fsp3) is 0.500. The summed E-state index contributed by atoms with van der Waals surface area (Å²) >= 11 is 0. The second-order valence-corrected chi connectivity index (χ2v) is 4.70. The normalized spacial score (nSPS) is 19.1. The van der Waals surface area contributed by atoms with Gasteiger partial charge in [0.1, 0.15) is 11.4 Å². The Morgan fingerprint density at radius 2 is 2.35 bits per heavy atom. The number of hydrogen-bond donors (Lipinski definition) is 1. The summed E-state index contributed by atoms with van der Waals surface area (Å²) in [4.78, 5) is 17.4. The summed E-state index contributed by atoms with van der Waals surface area (Å²) < 4.78 is 5.42. The molecule has 2 heterocycles. The minimum absolute atomic E-state index is 0.238. The summed E-state index contributed by atoms with van der Waals surface area (Å²) in [6.45, 7) is 5.87. The molecule has 0 aromatic carbocycles. The molecule has 2 rings (SSSR count). The molecule has 0 saturated carbocycles. The molecule has 5 heteroatoms. The highest BCUT2D eigenvalue weighted by molar-refractivity contribution is 5.93. The molecular formula is C12H16N2O3. The number of anilines is 1. The molecule has 0 amide bonds. The van der Waals surface area contributed by atoms with Gasteiger partial charge in [0.2, 0.25) is 0 Å². The molecule has 1 aromatic rings. The van der Waals surface area contributed by atoms with Gasteiger partial charge < -0.3 is 14.7 Å². The van der Waals surface area contributed by atoms with Crippen LogP contribution in [0.15, 0.2) is 18.3 Å². The number of aromatic nitrogens is 1. The first kappa shape index (κ1) is 11.9. The van der Waals surface area contributed by atoms with Gasteiger partial charge in [-0.3, -0.25) is 0 Å². The van der Waals surface area contributed by atoms with Crippen molar-refractivity contribution in [3.05, 3.63) is 23.9 Å². The van der Waals surface area contributed by atoms with Crippen LogP contribution in [0.4, 0.5) is 5.82 Å². The molecule has 0 bridgehead atoms. The fourth-order valence-corrected chi connectivity index (χ4v) is 2.03. The van der Waals surface area contributed by atoms with E-state index in [4.69, 9.17) is 9.84 Å². The van der Waals surface area contributed by atoms with Crippen molar-refractivity contribution in [3.63, 3.8) is 0 Å². The number of carboxylic acids is 1. The predicted molar refractivity (Wildman–Crippen MR) is 63.4 cm³/mol. The number of pyridine rings is 1. The maximum absolute atomic E-state index is 11.2. The van der Waals surface area contributed by atoms with Gasteiger partial charge >= 0.3 is 5.97 Å². The number of hydrogen-bond acceptors (Lipinski definition) is 4. The molecule has 0 spiro atoms. The van der Waals surface area contributed by atoms with Crippen molar-refractivity contribution in [1.82, 2.24) is 4.98 Å². The van der Waals surface area contributed by atoms with E-state index in [1.165, 1.54) is 0 Å². The summed E-state index contributed by atoms with van der Waals surface area (Å²) in [7, 11) is 0. The topological polar surface area (TPSA) is 62.7 Å². The molecule has 1 aliphatic heterocycles. The lowest BCUT2D eigenvalue weighted by Crippen LogP contribution is -2.54. The molecule has 92 valence electrons. The molecule has 17 heavy (non-hydrogen) atoms. The Morgan fingerprint density at radius 3 is 3.00 bits per heavy atom. The van der Waals surface area contributed by atoms with E-state index >= 15 is 0 Å². The van der Waals surface area contributed by atoms with E-state index in [1.54, 1.807) is 18.3 Å². The average molecular weight is 236 g/mol. The molecule has 0 atom stereocenters. The van der Waals surface area contributed by atoms with Gasteiger partial charge in [0.25, 0.3) is 0 Å². The zero-order valence-electron chi connectivity index (χ0n) is 10.0. The van der Waals surface area contributed by atoms with Crippen molar-refractivity contribution >= 4 is 11.8 Å². The maximum atomic E-state index is 11.2. The minimum atomic E-state index is -0.949. The molecule has 1 fully saturated rings. The SMILES string of the molecule is CC1(C)COCCN1c1ncccc1C(=O)O. The van der Waals surface area contributed by atoms with Crippen molar-refractivity contribution in [2.75, 3.05) is 24.7 Å². The highest BCUT2D eigenvalue weighted by Gasteiger charge is 2.33. The third-order valence-electron chi connectivity index (χ3n) is 2.92. The van der Waals surface area contributed by atoms with Crippen molar-refractivity contribution < 1.29 is 14.6 Å². The van der Waals surface area contributed by atoms with Gasteiger partial charge in [-0.25, -0.2) is 9.78 Å². The number of aromatic carboxylic acids is 1. The Labute approximate surface area is 100 Å². The molecule has 1 saturated heterocycles. The second-order valence-electron chi connectivity index (χ2n) is 4.70. The second kappa shape index (κ2) is 4.33. The number of rotatable bonds is 2. The quantitative estimate of drug-likeness (QED) is 0.840. The van der Waals surface area contributed by atoms with Gasteiger partial charge in [-0.1, -0.05) is 0 Å². The fourth-order valence-electron chi connectivity index (χ4n) is 2.03. The van der Waals surface area contributed by atoms with Crippen LogP contribution in [-0.4, -0.2) is 41.4 Å². The Morgan fingerprint density at radius 1 is 1.59 bits per heavy atom. The monoisotopic (exact) mass is 236 g/mol. The summed E-state index contributed by atoms with van der Waals surface area (Å²) in [5, 5.41) is 9.17. The first-order valence-corrected chi connectivity index (χ1v) is 5.56. The van der Waals surface area contributed by atoms with E-state index in [1.807, 2.05) is 18.7 Å². The first-order valence-electron chi connectivity index (χ1n) is 5.56. The third-order valence-corrected chi connectivity index (χ3v) is 2.92. The largest absolute Gasteiger partial charge is 0.478 e. The van der Waals surface area contributed by atoms with Crippen LogP contribution in [0.1, 0.15) is 24.2 Å². The van der Waals surface area contributed by atoms with Crippen LogP contribution >= 0.6 is 0 Å². The molecule has 0 radical (unpaired) electrons. The zero-order chi connectivity index (χ0) is 12.5. The van der Waals surface area contributed by atoms with Gasteiger partial charge in [-0.2, -0.15) is 0 Å². The smallest absolute Gasteiger partial charge is 0.339 e. The number of carboxylic acid groups (broad SMARTS) is 1. The van der Waals surface area contributed by atoms with Crippen LogP contribution in [0.25, 0.3) is 0 Å². The van der Waals surface area contributed by atoms with E-state index in [9.17, 15) is 4.79 Å². The summed E-state index contributed by atoms with van der Waals surface area (Å²) in [5.41, 5.74) is -0.000880. The van der Waals surface area contributed by atoms with Crippen LogP contribution in [0.5, 0.6) is 0 Å². The van der Waals surface area contributed by atoms with Crippen LogP contribution in [0.2, 0.25) is 0 Å². The van der Waals surface area contributed by atoms with Gasteiger partial charge in [0.15, 0.2) is 0 Å². The van der Waals surface area contributed by atoms with Crippen LogP contribution in [0, 0.1) is 0 Å².